The first-order chi connectivity index (χ1) is 19.5. The number of imide groups is 1. The molecule has 0 fully saturated rings. The zero-order valence-corrected chi connectivity index (χ0v) is 25.9. The van der Waals surface area contributed by atoms with Crippen molar-refractivity contribution in [1.29, 1.82) is 0 Å². The summed E-state index contributed by atoms with van der Waals surface area (Å²) in [6.07, 6.45) is -3.57. The van der Waals surface area contributed by atoms with Crippen molar-refractivity contribution in [3.05, 3.63) is 64.2 Å². The molecule has 3 amide bonds. The van der Waals surface area contributed by atoms with Crippen LogP contribution in [0, 0.1) is 26.7 Å². The molecule has 2 aromatic rings. The Labute approximate surface area is 246 Å². The molecule has 0 aromatic heterocycles. The summed E-state index contributed by atoms with van der Waals surface area (Å²) in [6, 6.07) is 9.79. The molecule has 11 heteroatoms. The highest BCUT2D eigenvalue weighted by Gasteiger charge is 2.43. The summed E-state index contributed by atoms with van der Waals surface area (Å²) >= 11 is 0. The molecular formula is C31H40N2O9. The monoisotopic (exact) mass is 584 g/mol. The lowest BCUT2D eigenvalue weighted by Gasteiger charge is -2.41. The topological polar surface area (TPSA) is 129 Å². The van der Waals surface area contributed by atoms with E-state index in [1.807, 2.05) is 19.9 Å². The quantitative estimate of drug-likeness (QED) is 0.235. The fraction of sp³-hybridized carbons (Fsp3) is 0.452. The molecule has 228 valence electrons. The fourth-order valence-corrected chi connectivity index (χ4v) is 4.07. The van der Waals surface area contributed by atoms with E-state index < -0.39 is 47.6 Å². The van der Waals surface area contributed by atoms with E-state index in [1.165, 1.54) is 33.9 Å². The number of carbonyl (C=O) groups excluding carboxylic acids is 5. The van der Waals surface area contributed by atoms with Crippen molar-refractivity contribution in [1.82, 2.24) is 10.0 Å². The Morgan fingerprint density at radius 1 is 0.857 bits per heavy atom. The Balaban J connectivity index is 2.76. The molecule has 42 heavy (non-hydrogen) atoms. The number of rotatable bonds is 8. The van der Waals surface area contributed by atoms with Gasteiger partial charge in [0.15, 0.2) is 0 Å². The van der Waals surface area contributed by atoms with E-state index in [-0.39, 0.29) is 17.7 Å². The summed E-state index contributed by atoms with van der Waals surface area (Å²) in [5, 5.41) is 1.47. The van der Waals surface area contributed by atoms with E-state index in [0.717, 1.165) is 16.1 Å². The Morgan fingerprint density at radius 3 is 1.95 bits per heavy atom. The lowest BCUT2D eigenvalue weighted by molar-refractivity contribution is -0.195. The number of esters is 2. The number of hydrogen-bond acceptors (Lipinski definition) is 9. The minimum Gasteiger partial charge on any atom is -0.496 e. The largest absolute Gasteiger partial charge is 0.496 e. The first-order valence-corrected chi connectivity index (χ1v) is 13.5. The average Bonchev–Trinajstić information content (AvgIpc) is 2.89. The van der Waals surface area contributed by atoms with Gasteiger partial charge in [-0.25, -0.2) is 14.6 Å². The summed E-state index contributed by atoms with van der Waals surface area (Å²) in [5.74, 6) is -3.94. The summed E-state index contributed by atoms with van der Waals surface area (Å²) in [7, 11) is 1.43. The molecule has 0 aliphatic heterocycles. The molecule has 0 N–H and O–H groups in total. The van der Waals surface area contributed by atoms with Gasteiger partial charge in [0.05, 0.1) is 25.2 Å². The van der Waals surface area contributed by atoms with E-state index >= 15 is 0 Å². The number of ether oxygens (including phenoxy) is 4. The highest BCUT2D eigenvalue weighted by atomic mass is 16.7. The average molecular weight is 585 g/mol. The van der Waals surface area contributed by atoms with Crippen LogP contribution in [-0.4, -0.2) is 65.4 Å². The van der Waals surface area contributed by atoms with Crippen LogP contribution in [-0.2, 0) is 23.8 Å². The van der Waals surface area contributed by atoms with Gasteiger partial charge in [-0.3, -0.25) is 14.4 Å². The normalized spacial score (nSPS) is 11.8. The van der Waals surface area contributed by atoms with Crippen LogP contribution in [0.1, 0.15) is 78.9 Å². The van der Waals surface area contributed by atoms with Crippen molar-refractivity contribution in [2.75, 3.05) is 13.7 Å². The van der Waals surface area contributed by atoms with Crippen LogP contribution in [0.4, 0.5) is 4.79 Å². The molecule has 0 saturated heterocycles. The Kier molecular flexibility index (Phi) is 11.2. The van der Waals surface area contributed by atoms with Crippen molar-refractivity contribution in [3.8, 4) is 5.75 Å². The number of nitrogens with zero attached hydrogens (tertiary/aromatic N) is 2. The van der Waals surface area contributed by atoms with E-state index in [1.54, 1.807) is 52.0 Å². The van der Waals surface area contributed by atoms with Crippen LogP contribution in [0.25, 0.3) is 0 Å². The summed E-state index contributed by atoms with van der Waals surface area (Å²) in [6.45, 7) is 14.6. The van der Waals surface area contributed by atoms with Gasteiger partial charge >= 0.3 is 24.3 Å². The number of hydrogen-bond donors (Lipinski definition) is 0. The molecule has 0 heterocycles. The molecule has 1 atom stereocenters. The zero-order valence-electron chi connectivity index (χ0n) is 25.9. The maximum absolute atomic E-state index is 14.2. The molecule has 2 aromatic carbocycles. The van der Waals surface area contributed by atoms with Crippen LogP contribution in [0.2, 0.25) is 0 Å². The lowest BCUT2D eigenvalue weighted by Crippen LogP contribution is -2.61. The van der Waals surface area contributed by atoms with E-state index in [9.17, 15) is 24.0 Å². The molecule has 0 radical (unpaired) electrons. The number of hydrazine groups is 1. The summed E-state index contributed by atoms with van der Waals surface area (Å²) in [4.78, 5) is 67.2. The first kappa shape index (κ1) is 33.8. The van der Waals surface area contributed by atoms with Gasteiger partial charge in [-0.05, 0) is 72.7 Å². The predicted octanol–water partition coefficient (Wildman–Crippen LogP) is 5.14. The van der Waals surface area contributed by atoms with E-state index in [2.05, 4.69) is 0 Å². The van der Waals surface area contributed by atoms with Crippen molar-refractivity contribution in [2.45, 2.75) is 74.1 Å². The molecule has 0 bridgehead atoms. The van der Waals surface area contributed by atoms with Crippen molar-refractivity contribution >= 4 is 29.8 Å². The maximum Gasteiger partial charge on any atom is 0.440 e. The second-order valence-corrected chi connectivity index (χ2v) is 11.0. The maximum atomic E-state index is 14.2. The van der Waals surface area contributed by atoms with Gasteiger partial charge in [-0.1, -0.05) is 37.1 Å². The molecule has 0 aliphatic rings. The van der Waals surface area contributed by atoms with Crippen LogP contribution >= 0.6 is 0 Å². The predicted molar refractivity (Wildman–Crippen MR) is 154 cm³/mol. The molecule has 11 nitrogen and oxygen atoms in total. The van der Waals surface area contributed by atoms with Gasteiger partial charge in [0.1, 0.15) is 5.75 Å². The highest BCUT2D eigenvalue weighted by Crippen LogP contribution is 2.28. The third kappa shape index (κ3) is 8.08. The second kappa shape index (κ2) is 14.0. The molecule has 1 unspecified atom stereocenters. The lowest BCUT2D eigenvalue weighted by atomic mass is 10.0. The number of carbonyl (C=O) groups is 5. The Bertz CT molecular complexity index is 1320. The van der Waals surface area contributed by atoms with Crippen molar-refractivity contribution in [3.63, 3.8) is 0 Å². The smallest absolute Gasteiger partial charge is 0.440 e. The zero-order chi connectivity index (χ0) is 31.9. The van der Waals surface area contributed by atoms with Crippen LogP contribution in [0.5, 0.6) is 5.75 Å². The molecule has 0 aliphatic carbocycles. The minimum absolute atomic E-state index is 0.0284. The van der Waals surface area contributed by atoms with Crippen molar-refractivity contribution < 1.29 is 42.9 Å². The Hall–Kier alpha value is -4.41. The fourth-order valence-electron chi connectivity index (χ4n) is 4.07. The number of aryl methyl sites for hydroxylation is 2. The molecule has 0 spiro atoms. The van der Waals surface area contributed by atoms with Gasteiger partial charge in [-0.15, -0.1) is 5.01 Å². The summed E-state index contributed by atoms with van der Waals surface area (Å²) < 4.78 is 20.7. The van der Waals surface area contributed by atoms with Crippen LogP contribution in [0.15, 0.2) is 36.4 Å². The summed E-state index contributed by atoms with van der Waals surface area (Å²) in [5.41, 5.74) is 1.04. The van der Waals surface area contributed by atoms with Crippen molar-refractivity contribution in [2.24, 2.45) is 5.92 Å². The minimum atomic E-state index is -2.13. The number of methoxy groups -OCH3 is 1. The molecular weight excluding hydrogens is 544 g/mol. The molecule has 2 rings (SSSR count). The van der Waals surface area contributed by atoms with Gasteiger partial charge in [0.25, 0.3) is 11.8 Å². The van der Waals surface area contributed by atoms with Gasteiger partial charge in [0.2, 0.25) is 0 Å². The van der Waals surface area contributed by atoms with Gasteiger partial charge in [0, 0.05) is 16.7 Å². The third-order valence-electron chi connectivity index (χ3n) is 5.98. The first-order valence-electron chi connectivity index (χ1n) is 13.5. The third-order valence-corrected chi connectivity index (χ3v) is 5.98. The van der Waals surface area contributed by atoms with Crippen LogP contribution in [0.3, 0.4) is 0 Å². The number of amides is 3. The highest BCUT2D eigenvalue weighted by molar-refractivity contribution is 6.07. The second-order valence-electron chi connectivity index (χ2n) is 11.0. The standard InChI is InChI=1S/C31H40N2O9/c1-11-40-28(37)29(41-27(36)18(2)3)42-30(38)32(26(35)23-13-12-14-24(39-10)21(23)6)33(31(7,8)9)25(34)22-16-19(4)15-20(5)17-22/h12-18,29H,11H2,1-10H3. The van der Waals surface area contributed by atoms with Gasteiger partial charge in [-0.2, -0.15) is 0 Å². The Morgan fingerprint density at radius 2 is 1.45 bits per heavy atom. The molecule has 0 saturated carbocycles. The van der Waals surface area contributed by atoms with Gasteiger partial charge < -0.3 is 18.9 Å². The van der Waals surface area contributed by atoms with E-state index in [0.29, 0.717) is 16.3 Å². The SMILES string of the molecule is CCOC(=O)C(OC(=O)C(C)C)OC(=O)N(C(=O)c1cccc(OC)c1C)N(C(=O)c1cc(C)cc(C)c1)C(C)(C)C. The number of benzene rings is 2. The van der Waals surface area contributed by atoms with E-state index in [4.69, 9.17) is 18.9 Å². The van der Waals surface area contributed by atoms with Crippen LogP contribution < -0.4 is 4.74 Å².